The topological polar surface area (TPSA) is 115 Å². The first-order chi connectivity index (χ1) is 13.1. The van der Waals surface area contributed by atoms with Crippen molar-refractivity contribution in [1.29, 1.82) is 0 Å². The minimum absolute atomic E-state index is 1.84. The van der Waals surface area contributed by atoms with Gasteiger partial charge in [0.25, 0.3) is 0 Å². The van der Waals surface area contributed by atoms with E-state index in [1.165, 1.54) is 0 Å². The van der Waals surface area contributed by atoms with Crippen molar-refractivity contribution in [2.45, 2.75) is 0 Å². The Balaban J connectivity index is 2.90. The van der Waals surface area contributed by atoms with Gasteiger partial charge in [-0.3, -0.25) is 4.79 Å². The molecular weight excluding hydrogens is 408 g/mol. The summed E-state index contributed by atoms with van der Waals surface area (Å²) in [6.45, 7) is 0. The van der Waals surface area contributed by atoms with Crippen LogP contribution in [0.5, 0.6) is 0 Å². The van der Waals surface area contributed by atoms with E-state index < -0.39 is 74.8 Å². The molecule has 0 fully saturated rings. The number of halogens is 8. The fourth-order valence-corrected chi connectivity index (χ4v) is 2.03. The summed E-state index contributed by atoms with van der Waals surface area (Å²) < 4.78 is 111. The van der Waals surface area contributed by atoms with Crippen LogP contribution in [0.25, 0.3) is 20.9 Å². The Bertz CT molecular complexity index is 991. The van der Waals surface area contributed by atoms with Crippen LogP contribution < -0.4 is 0 Å². The van der Waals surface area contributed by atoms with Gasteiger partial charge in [-0.15, -0.1) is 0 Å². The molecule has 0 aromatic heterocycles. The zero-order valence-electron chi connectivity index (χ0n) is 12.6. The van der Waals surface area contributed by atoms with Gasteiger partial charge in [-0.25, -0.2) is 35.1 Å². The molecule has 0 saturated heterocycles. The van der Waals surface area contributed by atoms with Crippen molar-refractivity contribution in [3.8, 4) is 0 Å². The summed E-state index contributed by atoms with van der Waals surface area (Å²) in [5, 5.41) is 4.64. The smallest absolute Gasteiger partial charge is 0.205 e. The van der Waals surface area contributed by atoms with Gasteiger partial charge in [-0.05, 0) is 11.1 Å². The van der Waals surface area contributed by atoms with E-state index in [0.29, 0.717) is 0 Å². The van der Waals surface area contributed by atoms with Crippen LogP contribution in [0.2, 0.25) is 0 Å². The highest BCUT2D eigenvalue weighted by atomic mass is 19.2. The fourth-order valence-electron chi connectivity index (χ4n) is 2.03. The van der Waals surface area contributed by atoms with Crippen molar-refractivity contribution in [3.05, 3.63) is 78.6 Å². The van der Waals surface area contributed by atoms with Gasteiger partial charge in [0.05, 0.1) is 0 Å². The molecule has 2 aromatic carbocycles. The third-order valence-corrected chi connectivity index (χ3v) is 3.22. The minimum atomic E-state index is -2.55. The summed E-state index contributed by atoms with van der Waals surface area (Å²) in [6, 6.07) is 0. The second kappa shape index (κ2) is 7.42. The van der Waals surface area contributed by atoms with E-state index in [9.17, 15) is 39.9 Å². The zero-order valence-corrected chi connectivity index (χ0v) is 12.6. The molecule has 7 nitrogen and oxygen atoms in total. The third kappa shape index (κ3) is 2.94. The summed E-state index contributed by atoms with van der Waals surface area (Å²) in [4.78, 5) is 15.8. The quantitative estimate of drug-likeness (QED) is 0.153. The van der Waals surface area contributed by atoms with Gasteiger partial charge in [0.1, 0.15) is 22.5 Å². The van der Waals surface area contributed by atoms with Gasteiger partial charge in [-0.2, -0.15) is 0 Å². The van der Waals surface area contributed by atoms with Gasteiger partial charge < -0.3 is 0 Å². The molecule has 0 amide bonds. The lowest BCUT2D eigenvalue weighted by Gasteiger charge is -2.11. The normalized spacial score (nSPS) is 10.3. The van der Waals surface area contributed by atoms with Crippen molar-refractivity contribution in [3.63, 3.8) is 0 Å². The highest BCUT2D eigenvalue weighted by Gasteiger charge is 2.35. The highest BCUT2D eigenvalue weighted by Crippen LogP contribution is 2.35. The van der Waals surface area contributed by atoms with Crippen LogP contribution in [0.1, 0.15) is 15.9 Å². The largest absolute Gasteiger partial charge is 0.288 e. The van der Waals surface area contributed by atoms with Gasteiger partial charge >= 0.3 is 0 Å². The summed E-state index contributed by atoms with van der Waals surface area (Å²) in [6.07, 6.45) is 0. The first kappa shape index (κ1) is 20.5. The van der Waals surface area contributed by atoms with Gasteiger partial charge in [-0.1, -0.05) is 10.2 Å². The minimum Gasteiger partial charge on any atom is -0.288 e. The number of hydrogen-bond acceptors (Lipinski definition) is 3. The fraction of sp³-hybridized carbons (Fsp3) is 0. The molecule has 0 bridgehead atoms. The Hall–Kier alpha value is -3.83. The molecule has 0 aliphatic heterocycles. The number of benzene rings is 2. The van der Waals surface area contributed by atoms with Crippen molar-refractivity contribution >= 4 is 17.2 Å². The summed E-state index contributed by atoms with van der Waals surface area (Å²) >= 11 is 0. The second-order valence-electron chi connectivity index (χ2n) is 4.67. The summed E-state index contributed by atoms with van der Waals surface area (Å²) in [7, 11) is 0. The number of azide groups is 2. The van der Waals surface area contributed by atoms with Crippen LogP contribution in [-0.2, 0) is 0 Å². The third-order valence-electron chi connectivity index (χ3n) is 3.22. The molecule has 144 valence electrons. The maximum absolute atomic E-state index is 13.9. The Kier molecular flexibility index (Phi) is 5.43. The molecule has 0 N–H and O–H groups in total. The molecule has 0 atom stereocenters. The Morgan fingerprint density at radius 2 is 0.821 bits per heavy atom. The van der Waals surface area contributed by atoms with Crippen LogP contribution in [0.15, 0.2) is 10.2 Å². The Labute approximate surface area is 147 Å². The Morgan fingerprint density at radius 3 is 1.04 bits per heavy atom. The van der Waals surface area contributed by atoms with E-state index in [0.717, 1.165) is 0 Å². The number of carbonyl (C=O) groups excluding carboxylic acids is 1. The molecule has 0 saturated carbocycles. The van der Waals surface area contributed by atoms with E-state index in [-0.39, 0.29) is 0 Å². The van der Waals surface area contributed by atoms with E-state index >= 15 is 0 Å². The summed E-state index contributed by atoms with van der Waals surface area (Å²) in [5.74, 6) is -22.4. The molecule has 2 rings (SSSR count). The lowest BCUT2D eigenvalue weighted by molar-refractivity contribution is 0.101. The maximum Gasteiger partial charge on any atom is 0.205 e. The molecule has 2 aromatic rings. The highest BCUT2D eigenvalue weighted by molar-refractivity contribution is 6.10. The number of nitrogens with zero attached hydrogens (tertiary/aromatic N) is 6. The van der Waals surface area contributed by atoms with Gasteiger partial charge in [0.2, 0.25) is 5.78 Å². The molecule has 0 aliphatic carbocycles. The van der Waals surface area contributed by atoms with E-state index in [1.807, 2.05) is 9.82 Å². The molecule has 0 heterocycles. The first-order valence-electron chi connectivity index (χ1n) is 6.46. The lowest BCUT2D eigenvalue weighted by atomic mass is 9.99. The number of ketones is 1. The molecule has 0 radical (unpaired) electrons. The average Bonchev–Trinajstić information content (AvgIpc) is 2.66. The lowest BCUT2D eigenvalue weighted by Crippen LogP contribution is -2.17. The molecular formula is C13F8N6O. The maximum atomic E-state index is 13.9. The molecule has 0 unspecified atom stereocenters. The van der Waals surface area contributed by atoms with Crippen molar-refractivity contribution in [1.82, 2.24) is 0 Å². The zero-order chi connectivity index (χ0) is 21.3. The predicted octanol–water partition coefficient (Wildman–Crippen LogP) is 5.91. The monoisotopic (exact) mass is 408 g/mol. The second-order valence-corrected chi connectivity index (χ2v) is 4.67. The van der Waals surface area contributed by atoms with E-state index in [2.05, 4.69) is 10.2 Å². The van der Waals surface area contributed by atoms with Crippen molar-refractivity contribution in [2.24, 2.45) is 10.2 Å². The van der Waals surface area contributed by atoms with Crippen LogP contribution in [0.3, 0.4) is 0 Å². The van der Waals surface area contributed by atoms with Crippen LogP contribution in [0, 0.1) is 46.5 Å². The number of rotatable bonds is 4. The van der Waals surface area contributed by atoms with Crippen LogP contribution in [-0.4, -0.2) is 5.78 Å². The van der Waals surface area contributed by atoms with Crippen molar-refractivity contribution < 1.29 is 39.9 Å². The molecule has 15 heteroatoms. The first-order valence-corrected chi connectivity index (χ1v) is 6.46. The van der Waals surface area contributed by atoms with Gasteiger partial charge in [0, 0.05) is 9.82 Å². The SMILES string of the molecule is [N-]=[N+]=Nc1c(F)c(F)c(C(=O)c2c(F)c(F)c(N=[N+]=[N-])c(F)c2F)c(F)c1F. The number of hydrogen-bond donors (Lipinski definition) is 0. The molecule has 0 aliphatic rings. The molecule has 28 heavy (non-hydrogen) atoms. The van der Waals surface area contributed by atoms with Crippen LogP contribution in [0.4, 0.5) is 46.5 Å². The Morgan fingerprint density at radius 1 is 0.571 bits per heavy atom. The van der Waals surface area contributed by atoms with E-state index in [4.69, 9.17) is 11.1 Å². The predicted molar refractivity (Wildman–Crippen MR) is 73.6 cm³/mol. The van der Waals surface area contributed by atoms with Crippen molar-refractivity contribution in [2.75, 3.05) is 0 Å². The average molecular weight is 408 g/mol. The molecule has 0 spiro atoms. The van der Waals surface area contributed by atoms with Crippen LogP contribution >= 0.6 is 0 Å². The number of carbonyl (C=O) groups is 1. The summed E-state index contributed by atoms with van der Waals surface area (Å²) in [5.41, 5.74) is 8.00. The standard InChI is InChI=1S/C13F8N6O/c14-3-1(4(15)8(19)11(7(3)18)24-26-22)13(28)2-5(16)9(20)12(25-27-23)10(21)6(2)17. The van der Waals surface area contributed by atoms with E-state index in [1.54, 1.807) is 0 Å². The van der Waals surface area contributed by atoms with Gasteiger partial charge in [0.15, 0.2) is 46.5 Å².